The van der Waals surface area contributed by atoms with Crippen LogP contribution in [0.5, 0.6) is 0 Å². The van der Waals surface area contributed by atoms with Crippen molar-refractivity contribution < 1.29 is 4.79 Å². The Bertz CT molecular complexity index is 718. The van der Waals surface area contributed by atoms with Gasteiger partial charge in [-0.1, -0.05) is 18.5 Å². The van der Waals surface area contributed by atoms with E-state index in [0.717, 1.165) is 54.1 Å². The van der Waals surface area contributed by atoms with Crippen molar-refractivity contribution in [3.8, 4) is 0 Å². The standard InChI is InChI=1S/C18H22ClN3OS2/c1-2-22-10-9-15-16(12-22)25-18(20-15)21-17(23)4-3-11-24-14-7-5-13(19)6-8-14/h5-8H,2-4,9-12H2,1H3,(H,20,21,23). The van der Waals surface area contributed by atoms with Crippen molar-refractivity contribution in [2.24, 2.45) is 0 Å². The summed E-state index contributed by atoms with van der Waals surface area (Å²) in [6.45, 7) is 5.25. The highest BCUT2D eigenvalue weighted by Gasteiger charge is 2.20. The predicted molar refractivity (Wildman–Crippen MR) is 107 cm³/mol. The van der Waals surface area contributed by atoms with Crippen LogP contribution in [-0.2, 0) is 17.8 Å². The van der Waals surface area contributed by atoms with E-state index in [1.807, 2.05) is 24.3 Å². The van der Waals surface area contributed by atoms with Crippen LogP contribution in [-0.4, -0.2) is 34.6 Å². The molecule has 0 saturated heterocycles. The Labute approximate surface area is 162 Å². The van der Waals surface area contributed by atoms with Crippen molar-refractivity contribution in [2.75, 3.05) is 24.2 Å². The molecule has 0 aliphatic carbocycles. The second-order valence-electron chi connectivity index (χ2n) is 5.96. The van der Waals surface area contributed by atoms with Gasteiger partial charge in [0.1, 0.15) is 0 Å². The molecule has 1 aliphatic rings. The molecule has 0 radical (unpaired) electrons. The first-order valence-electron chi connectivity index (χ1n) is 8.53. The largest absolute Gasteiger partial charge is 0.302 e. The normalized spacial score (nSPS) is 14.3. The van der Waals surface area contributed by atoms with Gasteiger partial charge in [-0.3, -0.25) is 9.69 Å². The predicted octanol–water partition coefficient (Wildman–Crippen LogP) is 4.69. The molecule has 1 aliphatic heterocycles. The van der Waals surface area contributed by atoms with E-state index in [1.165, 1.54) is 9.77 Å². The fourth-order valence-electron chi connectivity index (χ4n) is 2.71. The van der Waals surface area contributed by atoms with E-state index in [4.69, 9.17) is 11.6 Å². The topological polar surface area (TPSA) is 45.2 Å². The Morgan fingerprint density at radius 2 is 2.20 bits per heavy atom. The highest BCUT2D eigenvalue weighted by molar-refractivity contribution is 7.99. The van der Waals surface area contributed by atoms with Gasteiger partial charge in [0.15, 0.2) is 5.13 Å². The second kappa shape index (κ2) is 9.03. The molecule has 0 saturated carbocycles. The molecule has 0 atom stereocenters. The summed E-state index contributed by atoms with van der Waals surface area (Å²) < 4.78 is 0. The SMILES string of the molecule is CCN1CCc2nc(NC(=O)CCCSc3ccc(Cl)cc3)sc2C1. The second-order valence-corrected chi connectivity index (χ2v) is 8.65. The number of nitrogens with zero attached hydrogens (tertiary/aromatic N) is 2. The van der Waals surface area contributed by atoms with Gasteiger partial charge in [-0.25, -0.2) is 4.98 Å². The van der Waals surface area contributed by atoms with Crippen molar-refractivity contribution in [3.63, 3.8) is 0 Å². The summed E-state index contributed by atoms with van der Waals surface area (Å²) in [5.41, 5.74) is 1.16. The number of aromatic nitrogens is 1. The molecule has 2 aromatic rings. The third-order valence-corrected chi connectivity index (χ3v) is 6.48. The molecule has 1 aromatic heterocycles. The maximum Gasteiger partial charge on any atom is 0.226 e. The first-order chi connectivity index (χ1) is 12.1. The lowest BCUT2D eigenvalue weighted by atomic mass is 10.2. The lowest BCUT2D eigenvalue weighted by Gasteiger charge is -2.23. The maximum atomic E-state index is 12.1. The maximum absolute atomic E-state index is 12.1. The number of fused-ring (bicyclic) bond motifs is 1. The minimum absolute atomic E-state index is 0.0511. The van der Waals surface area contributed by atoms with Gasteiger partial charge in [-0.2, -0.15) is 0 Å². The molecule has 3 rings (SSSR count). The van der Waals surface area contributed by atoms with E-state index in [9.17, 15) is 4.79 Å². The zero-order valence-corrected chi connectivity index (χ0v) is 16.6. The quantitative estimate of drug-likeness (QED) is 0.545. The van der Waals surface area contributed by atoms with Gasteiger partial charge in [-0.05, 0) is 43.0 Å². The Balaban J connectivity index is 1.41. The number of nitrogens with one attached hydrogen (secondary N) is 1. The molecule has 7 heteroatoms. The van der Waals surface area contributed by atoms with Gasteiger partial charge >= 0.3 is 0 Å². The summed E-state index contributed by atoms with van der Waals surface area (Å²) in [7, 11) is 0. The number of amides is 1. The molecule has 2 heterocycles. The molecular weight excluding hydrogens is 374 g/mol. The van der Waals surface area contributed by atoms with Crippen LogP contribution in [0.1, 0.15) is 30.3 Å². The fraction of sp³-hybridized carbons (Fsp3) is 0.444. The van der Waals surface area contributed by atoms with Crippen LogP contribution in [0.4, 0.5) is 5.13 Å². The van der Waals surface area contributed by atoms with Crippen LogP contribution in [0.2, 0.25) is 5.02 Å². The Morgan fingerprint density at radius 3 is 2.96 bits per heavy atom. The van der Waals surface area contributed by atoms with E-state index >= 15 is 0 Å². The number of carbonyl (C=O) groups excluding carboxylic acids is 1. The van der Waals surface area contributed by atoms with E-state index < -0.39 is 0 Å². The molecule has 1 N–H and O–H groups in total. The summed E-state index contributed by atoms with van der Waals surface area (Å²) in [5.74, 6) is 0.963. The average Bonchev–Trinajstić information content (AvgIpc) is 3.01. The van der Waals surface area contributed by atoms with Crippen molar-refractivity contribution in [2.45, 2.75) is 37.6 Å². The van der Waals surface area contributed by atoms with E-state index in [2.05, 4.69) is 22.1 Å². The van der Waals surface area contributed by atoms with Gasteiger partial charge in [0.2, 0.25) is 5.91 Å². The summed E-state index contributed by atoms with van der Waals surface area (Å²) in [6.07, 6.45) is 2.34. The summed E-state index contributed by atoms with van der Waals surface area (Å²) in [5, 5.41) is 4.46. The first-order valence-corrected chi connectivity index (χ1v) is 10.7. The van der Waals surface area contributed by atoms with Crippen LogP contribution < -0.4 is 5.32 Å². The molecule has 0 unspecified atom stereocenters. The summed E-state index contributed by atoms with van der Waals surface area (Å²) in [6, 6.07) is 7.79. The average molecular weight is 396 g/mol. The number of benzene rings is 1. The van der Waals surface area contributed by atoms with Crippen LogP contribution in [0, 0.1) is 0 Å². The van der Waals surface area contributed by atoms with Gasteiger partial charge in [0.05, 0.1) is 5.69 Å². The molecule has 4 nitrogen and oxygen atoms in total. The van der Waals surface area contributed by atoms with Crippen molar-refractivity contribution >= 4 is 45.7 Å². The van der Waals surface area contributed by atoms with Gasteiger partial charge in [0.25, 0.3) is 0 Å². The summed E-state index contributed by atoms with van der Waals surface area (Å²) >= 11 is 9.24. The number of likely N-dealkylation sites (N-methyl/N-ethyl adjacent to an activating group) is 1. The van der Waals surface area contributed by atoms with E-state index in [0.29, 0.717) is 6.42 Å². The minimum Gasteiger partial charge on any atom is -0.302 e. The van der Waals surface area contributed by atoms with Gasteiger partial charge in [0, 0.05) is 40.7 Å². The third kappa shape index (κ3) is 5.45. The fourth-order valence-corrected chi connectivity index (χ4v) is 4.75. The Kier molecular flexibility index (Phi) is 6.76. The number of rotatable bonds is 7. The number of thioether (sulfide) groups is 1. The number of carbonyl (C=O) groups is 1. The minimum atomic E-state index is 0.0511. The molecule has 1 amide bonds. The molecule has 1 aromatic carbocycles. The summed E-state index contributed by atoms with van der Waals surface area (Å²) in [4.78, 5) is 21.6. The zero-order chi connectivity index (χ0) is 17.6. The van der Waals surface area contributed by atoms with E-state index in [1.54, 1.807) is 23.1 Å². The zero-order valence-electron chi connectivity index (χ0n) is 14.3. The number of halogens is 1. The Morgan fingerprint density at radius 1 is 1.40 bits per heavy atom. The molecule has 0 bridgehead atoms. The van der Waals surface area contributed by atoms with Crippen molar-refractivity contribution in [3.05, 3.63) is 39.9 Å². The number of hydrogen-bond donors (Lipinski definition) is 1. The van der Waals surface area contributed by atoms with Crippen LogP contribution >= 0.6 is 34.7 Å². The van der Waals surface area contributed by atoms with Crippen molar-refractivity contribution in [1.29, 1.82) is 0 Å². The Hall–Kier alpha value is -1.08. The number of hydrogen-bond acceptors (Lipinski definition) is 5. The van der Waals surface area contributed by atoms with E-state index in [-0.39, 0.29) is 5.91 Å². The molecule has 0 spiro atoms. The first kappa shape index (κ1) is 18.7. The van der Waals surface area contributed by atoms with Crippen molar-refractivity contribution in [1.82, 2.24) is 9.88 Å². The monoisotopic (exact) mass is 395 g/mol. The highest BCUT2D eigenvalue weighted by atomic mass is 35.5. The van der Waals surface area contributed by atoms with Crippen LogP contribution in [0.3, 0.4) is 0 Å². The molecular formula is C18H22ClN3OS2. The molecule has 25 heavy (non-hydrogen) atoms. The smallest absolute Gasteiger partial charge is 0.226 e. The van der Waals surface area contributed by atoms with Crippen LogP contribution in [0.25, 0.3) is 0 Å². The lowest BCUT2D eigenvalue weighted by molar-refractivity contribution is -0.116. The highest BCUT2D eigenvalue weighted by Crippen LogP contribution is 2.28. The lowest BCUT2D eigenvalue weighted by Crippen LogP contribution is -2.29. The number of anilines is 1. The van der Waals surface area contributed by atoms with Crippen LogP contribution in [0.15, 0.2) is 29.2 Å². The van der Waals surface area contributed by atoms with Gasteiger partial charge < -0.3 is 5.32 Å². The third-order valence-electron chi connectivity index (χ3n) is 4.13. The van der Waals surface area contributed by atoms with Gasteiger partial charge in [-0.15, -0.1) is 23.1 Å². The molecule has 134 valence electrons. The molecule has 0 fully saturated rings. The number of thiazole rings is 1.